The number of hydrogen-bond acceptors (Lipinski definition) is 7. The molecule has 1 heterocycles. The minimum Gasteiger partial charge on any atom is -0.497 e. The first-order valence-electron chi connectivity index (χ1n) is 7.26. The van der Waals surface area contributed by atoms with Crippen molar-refractivity contribution in [2.45, 2.75) is 13.8 Å². The van der Waals surface area contributed by atoms with Crippen LogP contribution >= 0.6 is 0 Å². The molecule has 0 aliphatic rings. The van der Waals surface area contributed by atoms with E-state index in [1.165, 1.54) is 6.33 Å². The molecule has 0 radical (unpaired) electrons. The van der Waals surface area contributed by atoms with Crippen molar-refractivity contribution in [3.8, 4) is 5.75 Å². The number of aromatic nitrogens is 2. The molecule has 8 heteroatoms. The molecule has 0 fully saturated rings. The average Bonchev–Trinajstić information content (AvgIpc) is 2.56. The summed E-state index contributed by atoms with van der Waals surface area (Å²) in [4.78, 5) is 21.0. The summed E-state index contributed by atoms with van der Waals surface area (Å²) in [5.74, 6) is 1.18. The third-order valence-electron chi connectivity index (χ3n) is 3.40. The van der Waals surface area contributed by atoms with Crippen LogP contribution in [-0.2, 0) is 0 Å². The highest BCUT2D eigenvalue weighted by molar-refractivity contribution is 5.74. The molecule has 0 atom stereocenters. The van der Waals surface area contributed by atoms with Crippen molar-refractivity contribution in [1.82, 2.24) is 9.97 Å². The molecule has 8 nitrogen and oxygen atoms in total. The molecule has 0 spiro atoms. The standard InChI is InChI=1S/C15H19N5O3/c1-4-19(5-2)15-13(20(21)22)14(16-10-17-15)18-11-6-8-12(23-3)9-7-11/h6-10H,4-5H2,1-3H3,(H,16,17,18). The first kappa shape index (κ1) is 16.5. The molecule has 0 bridgehead atoms. The average molecular weight is 317 g/mol. The Bertz CT molecular complexity index is 671. The summed E-state index contributed by atoms with van der Waals surface area (Å²) in [5, 5.41) is 14.5. The van der Waals surface area contributed by atoms with Crippen LogP contribution in [-0.4, -0.2) is 35.1 Å². The summed E-state index contributed by atoms with van der Waals surface area (Å²) in [6.07, 6.45) is 1.33. The van der Waals surface area contributed by atoms with E-state index in [0.717, 1.165) is 0 Å². The number of methoxy groups -OCH3 is 1. The number of hydrogen-bond donors (Lipinski definition) is 1. The van der Waals surface area contributed by atoms with Crippen molar-refractivity contribution in [2.24, 2.45) is 0 Å². The van der Waals surface area contributed by atoms with Crippen LogP contribution in [0.25, 0.3) is 0 Å². The van der Waals surface area contributed by atoms with Gasteiger partial charge in [-0.2, -0.15) is 0 Å². The Balaban J connectivity index is 2.40. The number of anilines is 3. The Hall–Kier alpha value is -2.90. The summed E-state index contributed by atoms with van der Waals surface area (Å²) in [6, 6.07) is 7.06. The number of nitrogens with zero attached hydrogens (tertiary/aromatic N) is 4. The quantitative estimate of drug-likeness (QED) is 0.619. The van der Waals surface area contributed by atoms with Crippen LogP contribution < -0.4 is 15.0 Å². The number of nitro groups is 1. The molecular formula is C15H19N5O3. The minimum absolute atomic E-state index is 0.132. The van der Waals surface area contributed by atoms with Gasteiger partial charge in [0.1, 0.15) is 12.1 Å². The Morgan fingerprint density at radius 3 is 2.39 bits per heavy atom. The SMILES string of the molecule is CCN(CC)c1ncnc(Nc2ccc(OC)cc2)c1[N+](=O)[O-]. The second kappa shape index (κ2) is 7.39. The number of ether oxygens (including phenoxy) is 1. The van der Waals surface area contributed by atoms with Crippen LogP contribution in [0, 0.1) is 10.1 Å². The Morgan fingerprint density at radius 2 is 1.87 bits per heavy atom. The maximum atomic E-state index is 11.5. The summed E-state index contributed by atoms with van der Waals surface area (Å²) in [5.41, 5.74) is 0.546. The van der Waals surface area contributed by atoms with Crippen LogP contribution in [0.2, 0.25) is 0 Å². The van der Waals surface area contributed by atoms with Gasteiger partial charge in [0.25, 0.3) is 0 Å². The summed E-state index contributed by atoms with van der Waals surface area (Å²) < 4.78 is 5.09. The molecule has 122 valence electrons. The Labute approximate surface area is 134 Å². The van der Waals surface area contributed by atoms with Crippen LogP contribution in [0.15, 0.2) is 30.6 Å². The Kier molecular flexibility index (Phi) is 5.29. The lowest BCUT2D eigenvalue weighted by atomic mass is 10.3. The molecule has 2 rings (SSSR count). The summed E-state index contributed by atoms with van der Waals surface area (Å²) in [7, 11) is 1.58. The maximum Gasteiger partial charge on any atom is 0.353 e. The zero-order valence-corrected chi connectivity index (χ0v) is 13.3. The monoisotopic (exact) mass is 317 g/mol. The van der Waals surface area contributed by atoms with E-state index in [1.54, 1.807) is 31.4 Å². The molecule has 0 saturated carbocycles. The lowest BCUT2D eigenvalue weighted by molar-refractivity contribution is -0.383. The van der Waals surface area contributed by atoms with Gasteiger partial charge in [0.05, 0.1) is 12.0 Å². The summed E-state index contributed by atoms with van der Waals surface area (Å²) >= 11 is 0. The predicted molar refractivity (Wildman–Crippen MR) is 88.5 cm³/mol. The van der Waals surface area contributed by atoms with E-state index in [9.17, 15) is 10.1 Å². The van der Waals surface area contributed by atoms with Gasteiger partial charge in [0.2, 0.25) is 11.6 Å². The molecule has 1 N–H and O–H groups in total. The molecule has 2 aromatic rings. The van der Waals surface area contributed by atoms with Crippen molar-refractivity contribution in [1.29, 1.82) is 0 Å². The van der Waals surface area contributed by atoms with Crippen LogP contribution in [0.5, 0.6) is 5.75 Å². The normalized spacial score (nSPS) is 10.2. The van der Waals surface area contributed by atoms with E-state index < -0.39 is 4.92 Å². The lowest BCUT2D eigenvalue weighted by Gasteiger charge is -2.20. The fourth-order valence-corrected chi connectivity index (χ4v) is 2.19. The van der Waals surface area contributed by atoms with Crippen molar-refractivity contribution in [3.63, 3.8) is 0 Å². The van der Waals surface area contributed by atoms with Gasteiger partial charge in [-0.3, -0.25) is 10.1 Å². The third kappa shape index (κ3) is 3.65. The largest absolute Gasteiger partial charge is 0.497 e. The van der Waals surface area contributed by atoms with Crippen LogP contribution in [0.1, 0.15) is 13.8 Å². The predicted octanol–water partition coefficient (Wildman–Crippen LogP) is 2.98. The molecule has 0 saturated heterocycles. The number of benzene rings is 1. The van der Waals surface area contributed by atoms with E-state index in [0.29, 0.717) is 30.3 Å². The molecule has 0 unspecified atom stereocenters. The van der Waals surface area contributed by atoms with E-state index in [2.05, 4.69) is 15.3 Å². The van der Waals surface area contributed by atoms with Crippen molar-refractivity contribution in [2.75, 3.05) is 30.4 Å². The molecular weight excluding hydrogens is 298 g/mol. The van der Waals surface area contributed by atoms with Gasteiger partial charge in [-0.1, -0.05) is 0 Å². The van der Waals surface area contributed by atoms with E-state index in [-0.39, 0.29) is 11.5 Å². The van der Waals surface area contributed by atoms with E-state index >= 15 is 0 Å². The second-order valence-electron chi connectivity index (χ2n) is 4.68. The van der Waals surface area contributed by atoms with Gasteiger partial charge in [-0.25, -0.2) is 9.97 Å². The fraction of sp³-hybridized carbons (Fsp3) is 0.333. The van der Waals surface area contributed by atoms with E-state index in [1.807, 2.05) is 18.7 Å². The Morgan fingerprint density at radius 1 is 1.22 bits per heavy atom. The molecule has 0 aliphatic heterocycles. The molecule has 1 aromatic carbocycles. The van der Waals surface area contributed by atoms with Gasteiger partial charge in [-0.05, 0) is 38.1 Å². The highest BCUT2D eigenvalue weighted by Crippen LogP contribution is 2.33. The molecule has 0 amide bonds. The zero-order valence-electron chi connectivity index (χ0n) is 13.3. The van der Waals surface area contributed by atoms with Crippen molar-refractivity contribution in [3.05, 3.63) is 40.7 Å². The van der Waals surface area contributed by atoms with Gasteiger partial charge in [0.15, 0.2) is 0 Å². The number of rotatable bonds is 7. The molecule has 23 heavy (non-hydrogen) atoms. The van der Waals surface area contributed by atoms with Crippen LogP contribution in [0.3, 0.4) is 0 Å². The van der Waals surface area contributed by atoms with Gasteiger partial charge in [0, 0.05) is 18.8 Å². The zero-order chi connectivity index (χ0) is 16.8. The van der Waals surface area contributed by atoms with Crippen molar-refractivity contribution < 1.29 is 9.66 Å². The second-order valence-corrected chi connectivity index (χ2v) is 4.68. The van der Waals surface area contributed by atoms with Crippen LogP contribution in [0.4, 0.5) is 23.0 Å². The van der Waals surface area contributed by atoms with Gasteiger partial charge >= 0.3 is 5.69 Å². The first-order chi connectivity index (χ1) is 11.1. The summed E-state index contributed by atoms with van der Waals surface area (Å²) in [6.45, 7) is 5.09. The minimum atomic E-state index is -0.459. The van der Waals surface area contributed by atoms with E-state index in [4.69, 9.17) is 4.74 Å². The topological polar surface area (TPSA) is 93.4 Å². The smallest absolute Gasteiger partial charge is 0.353 e. The molecule has 0 aliphatic carbocycles. The number of nitrogens with one attached hydrogen (secondary N) is 1. The first-order valence-corrected chi connectivity index (χ1v) is 7.26. The van der Waals surface area contributed by atoms with Crippen molar-refractivity contribution >= 4 is 23.0 Å². The van der Waals surface area contributed by atoms with Gasteiger partial charge in [-0.15, -0.1) is 0 Å². The fourth-order valence-electron chi connectivity index (χ4n) is 2.19. The highest BCUT2D eigenvalue weighted by atomic mass is 16.6. The third-order valence-corrected chi connectivity index (χ3v) is 3.40. The highest BCUT2D eigenvalue weighted by Gasteiger charge is 2.26. The molecule has 1 aromatic heterocycles. The van der Waals surface area contributed by atoms with Gasteiger partial charge < -0.3 is 15.0 Å². The maximum absolute atomic E-state index is 11.5. The lowest BCUT2D eigenvalue weighted by Crippen LogP contribution is -2.24.